The van der Waals surface area contributed by atoms with Crippen molar-refractivity contribution in [2.75, 3.05) is 19.6 Å². The summed E-state index contributed by atoms with van der Waals surface area (Å²) < 4.78 is 101. The Kier molecular flexibility index (Phi) is 27.3. The number of furan rings is 2. The zero-order valence-electron chi connectivity index (χ0n) is 93.9. The van der Waals surface area contributed by atoms with Gasteiger partial charge in [0.05, 0.1) is 39.5 Å². The molecule has 14 aromatic rings. The molecule has 776 valence electrons. The second-order valence-electron chi connectivity index (χ2n) is 53.1. The molecule has 0 atom stereocenters. The van der Waals surface area contributed by atoms with E-state index in [2.05, 4.69) is 504 Å². The van der Waals surface area contributed by atoms with Crippen LogP contribution in [-0.4, -0.2) is 6.99 Å². The molecule has 0 amide bonds. The van der Waals surface area contributed by atoms with Gasteiger partial charge < -0.3 is 28.4 Å². The van der Waals surface area contributed by atoms with E-state index in [0.29, 0.717) is 22.6 Å². The highest BCUT2D eigenvalue weighted by molar-refractivity contribution is 14.4. The van der Waals surface area contributed by atoms with Crippen LogP contribution in [0.25, 0.3) is 44.9 Å². The minimum absolute atomic E-state index is 0.00956. The molecule has 17 heteroatoms. The average molecular weight is 2340 g/mol. The fourth-order valence-electron chi connectivity index (χ4n) is 24.9. The average Bonchev–Trinajstić information content (AvgIpc) is 1.55. The second-order valence-corrected chi connectivity index (χ2v) is 64.0. The fourth-order valence-corrected chi connectivity index (χ4v) is 24.9. The van der Waals surface area contributed by atoms with Gasteiger partial charge in [0, 0.05) is 89.7 Å². The maximum atomic E-state index is 14.6. The lowest BCUT2D eigenvalue weighted by Crippen LogP contribution is -2.61. The molecule has 4 aliphatic carbocycles. The van der Waals surface area contributed by atoms with Crippen molar-refractivity contribution in [2.45, 2.75) is 338 Å². The Morgan fingerprint density at radius 3 is 1.12 bits per heavy atom. The molecular formula is C132H147B2F6I3N4O2. The van der Waals surface area contributed by atoms with Crippen molar-refractivity contribution in [3.8, 4) is 44.9 Å². The largest absolute Gasteiger partial charge is 0.468 e. The van der Waals surface area contributed by atoms with E-state index in [-0.39, 0.29) is 60.9 Å². The van der Waals surface area contributed by atoms with E-state index in [1.165, 1.54) is 113 Å². The summed E-state index contributed by atoms with van der Waals surface area (Å²) in [6, 6.07) is 77.1. The third kappa shape index (κ3) is 19.6. The Balaban J connectivity index is 0.000000188. The zero-order valence-corrected chi connectivity index (χ0v) is 100. The number of alkyl halides is 6. The van der Waals surface area contributed by atoms with Gasteiger partial charge in [0.1, 0.15) is 17.8 Å². The van der Waals surface area contributed by atoms with Crippen LogP contribution in [-0.2, 0) is 77.3 Å². The van der Waals surface area contributed by atoms with Crippen molar-refractivity contribution in [3.63, 3.8) is 0 Å². The Morgan fingerprint density at radius 1 is 0.315 bits per heavy atom. The van der Waals surface area contributed by atoms with Crippen LogP contribution in [0.1, 0.15) is 345 Å². The number of hydrogen-bond acceptors (Lipinski definition) is 6. The molecule has 0 radical (unpaired) electrons. The monoisotopic (exact) mass is 2340 g/mol. The predicted octanol–water partition coefficient (Wildman–Crippen LogP) is 39.6. The first-order valence-electron chi connectivity index (χ1n) is 53.0. The van der Waals surface area contributed by atoms with Gasteiger partial charge >= 0.3 is 12.6 Å². The number of fused-ring (bicyclic) bond motifs is 13. The van der Waals surface area contributed by atoms with E-state index in [1.54, 1.807) is 18.4 Å². The van der Waals surface area contributed by atoms with E-state index in [0.717, 1.165) is 144 Å². The van der Waals surface area contributed by atoms with Gasteiger partial charge in [0.15, 0.2) is 0 Å². The molecule has 0 unspecified atom stereocenters. The van der Waals surface area contributed by atoms with Gasteiger partial charge in [-0.2, -0.15) is 26.3 Å². The van der Waals surface area contributed by atoms with Gasteiger partial charge in [-0.15, -0.1) is 67.1 Å². The molecule has 6 aliphatic rings. The van der Waals surface area contributed by atoms with Crippen LogP contribution in [0.3, 0.4) is 0 Å². The first-order chi connectivity index (χ1) is 68.8. The first-order valence-corrected chi connectivity index (χ1v) is 56.7. The van der Waals surface area contributed by atoms with Gasteiger partial charge in [0.25, 0.3) is 6.71 Å². The van der Waals surface area contributed by atoms with Crippen LogP contribution in [0.2, 0.25) is 0 Å². The Morgan fingerprint density at radius 2 is 0.671 bits per heavy atom. The van der Waals surface area contributed by atoms with Crippen LogP contribution >= 0.6 is 67.1 Å². The highest BCUT2D eigenvalue weighted by Gasteiger charge is 2.55. The van der Waals surface area contributed by atoms with Crippen molar-refractivity contribution in [3.05, 3.63) is 336 Å². The van der Waals surface area contributed by atoms with Crippen LogP contribution in [0, 0.1) is 27.7 Å². The highest BCUT2D eigenvalue weighted by Crippen LogP contribution is 2.63. The molecule has 6 nitrogen and oxygen atoms in total. The summed E-state index contributed by atoms with van der Waals surface area (Å²) in [6.45, 7) is 77.0. The lowest BCUT2D eigenvalue weighted by Gasteiger charge is -2.45. The molecule has 12 aromatic carbocycles. The molecule has 0 saturated carbocycles. The third-order valence-corrected chi connectivity index (χ3v) is 33.5. The molecular weight excluding hydrogens is 2190 g/mol. The van der Waals surface area contributed by atoms with Crippen molar-refractivity contribution in [1.29, 1.82) is 0 Å². The Bertz CT molecular complexity index is 7650. The Labute approximate surface area is 924 Å². The van der Waals surface area contributed by atoms with Crippen molar-refractivity contribution >= 4 is 159 Å². The van der Waals surface area contributed by atoms with Crippen molar-refractivity contribution < 1.29 is 35.2 Å². The number of benzene rings is 12. The number of hydrogen-bond donors (Lipinski definition) is 0. The number of anilines is 12. The van der Waals surface area contributed by atoms with E-state index in [1.807, 2.05) is 0 Å². The number of halogens is 9. The second kappa shape index (κ2) is 37.3. The van der Waals surface area contributed by atoms with Gasteiger partial charge in [-0.25, -0.2) is 0 Å². The molecule has 20 rings (SSSR count). The third-order valence-electron chi connectivity index (χ3n) is 33.5. The summed E-state index contributed by atoms with van der Waals surface area (Å²) in [5.74, 6) is 0.986. The van der Waals surface area contributed by atoms with Crippen LogP contribution < -0.4 is 36.2 Å². The normalized spacial score (nSPS) is 16.3. The summed E-state index contributed by atoms with van der Waals surface area (Å²) in [4.78, 5) is 9.57. The van der Waals surface area contributed by atoms with E-state index in [4.69, 9.17) is 8.83 Å². The molecule has 0 bridgehead atoms. The minimum Gasteiger partial charge on any atom is -0.468 e. The number of rotatable bonds is 10. The number of aryl methyl sites for hydroxylation is 2. The molecule has 4 heterocycles. The number of nitrogens with zero attached hydrogens (tertiary/aromatic N) is 4. The van der Waals surface area contributed by atoms with Crippen molar-refractivity contribution in [2.24, 2.45) is 0 Å². The topological polar surface area (TPSA) is 39.2 Å². The smallest absolute Gasteiger partial charge is 0.416 e. The highest BCUT2D eigenvalue weighted by atomic mass is 127. The minimum atomic E-state index is -4.51. The van der Waals surface area contributed by atoms with E-state index in [9.17, 15) is 26.3 Å². The molecule has 0 saturated heterocycles. The summed E-state index contributed by atoms with van der Waals surface area (Å²) >= 11 is 6.95. The summed E-state index contributed by atoms with van der Waals surface area (Å²) in [5, 5.41) is 0. The molecule has 0 fully saturated rings. The van der Waals surface area contributed by atoms with Gasteiger partial charge in [-0.3, -0.25) is 0 Å². The lowest BCUT2D eigenvalue weighted by molar-refractivity contribution is -0.138. The maximum Gasteiger partial charge on any atom is 0.416 e. The fraction of sp³-hybridized carbons (Fsp3) is 0.394. The van der Waals surface area contributed by atoms with Gasteiger partial charge in [0.2, 0.25) is 0 Å². The van der Waals surface area contributed by atoms with Gasteiger partial charge in [-0.05, 0) is 340 Å². The van der Waals surface area contributed by atoms with E-state index < -0.39 is 34.3 Å². The molecule has 2 aromatic heterocycles. The zero-order chi connectivity index (χ0) is 109. The predicted molar refractivity (Wildman–Crippen MR) is 646 cm³/mol. The van der Waals surface area contributed by atoms with Crippen LogP contribution in [0.5, 0.6) is 0 Å². The Hall–Kier alpha value is -9.70. The first kappa shape index (κ1) is 109. The molecule has 0 N–H and O–H groups in total. The summed E-state index contributed by atoms with van der Waals surface area (Å²) in [7, 11) is 0. The van der Waals surface area contributed by atoms with Crippen LogP contribution in [0.15, 0.2) is 233 Å². The summed E-state index contributed by atoms with van der Waals surface area (Å²) in [6.07, 6.45) is -2.73. The van der Waals surface area contributed by atoms with Crippen molar-refractivity contribution in [1.82, 2.24) is 0 Å². The molecule has 0 spiro atoms. The quantitative estimate of drug-likeness (QED) is 0.0772. The SMILES string of the molecule is Cc1cc(N(c2ccc(C(C)(C)C)cc2)c2ccc(C(C)(C)C)cc2-c2ccc3c(c2C)C(C)(C)CCC3(C)C)cc(N(c2ccc(C(C)(C)C)cc2)c2coc3c2C(C)(C)c2ccc(C(F)(F)F)cc2-3)c1.Cc1cc2c3c(c1)N(c1ccc(C(C)(C)C)cc1)c1c(oc4c1C(C)(C)c1ccc(C(F)(F)F)cc1-4)B3c1cc(C(C)(C)C)ccc1N2c1ccc(C(C)(C)C)cc1-c1ccc2c(c1C)C(C)(C)CCC2(C)C.IB(I)I. The van der Waals surface area contributed by atoms with Gasteiger partial charge in [-0.1, -0.05) is 305 Å². The molecule has 2 aliphatic heterocycles. The molecule has 149 heavy (non-hydrogen) atoms. The lowest BCUT2D eigenvalue weighted by atomic mass is 9.35. The van der Waals surface area contributed by atoms with E-state index >= 15 is 0 Å². The summed E-state index contributed by atoms with van der Waals surface area (Å²) in [5.41, 5.74) is 38.9. The standard InChI is InChI=1S/C66H72BF3N2O.C66H75F3N2O.BI3/c1-37-32-52-56-53(33-37)72(50-28-21-40(61(6,7)8)34-45(50)44-25-27-48-54(38(44)2)64(14,15)31-30-63(48,12)13)51-29-22-41(62(9,10)11)36-49(51)67(56)59-57(71(52)43-23-18-39(19-24-43)60(3,4)5)55-58(73-59)46-35-42(66(68,69)70)20-26-47(46)65(55,16)17;1-40-34-48(38-49(35-40)71(47-26-20-43(21-27-47)61(6,7)8)56-39-72-59-52-37-45(66(67,68)69)22-29-53(52)65(16,17)58(56)59)70(46-24-18-42(19-25-46)60(3,4)5)55-31-23-44(62(9,10)11)36-51(55)50-28-30-54-57(41(50)2)64(14,15)33-32-63(54,12)13;2-1(3)4/h18-29,32-36H,30-31H2,1-17H3;18-31,34-39H,32-33H2,1-17H3;. The maximum absolute atomic E-state index is 14.6. The van der Waals surface area contributed by atoms with Crippen LogP contribution in [0.4, 0.5) is 94.6 Å².